The van der Waals surface area contributed by atoms with Crippen LogP contribution in [0.3, 0.4) is 0 Å². The predicted molar refractivity (Wildman–Crippen MR) is 56.0 cm³/mol. The minimum Gasteiger partial charge on any atom is -0.472 e. The van der Waals surface area contributed by atoms with Crippen LogP contribution in [0.15, 0.2) is 6.07 Å². The van der Waals surface area contributed by atoms with Gasteiger partial charge < -0.3 is 9.84 Å². The first-order chi connectivity index (χ1) is 8.42. The molecule has 0 radical (unpaired) electrons. The smallest absolute Gasteiger partial charge is 0.381 e. The standard InChI is InChI=1S/C7H8F2N2O2.C3H2O2/c1-2-13-7(12)5-3-4(6(8)9)10-11-5;1-2-3(4)5/h3,6H,2H2,1H3,(H,10,11);1H,(H,4,5). The minimum absolute atomic E-state index is 0.128. The Hall–Kier alpha value is -2.43. The zero-order valence-electron chi connectivity index (χ0n) is 9.31. The zero-order valence-corrected chi connectivity index (χ0v) is 9.31. The number of rotatable bonds is 3. The Kier molecular flexibility index (Phi) is 6.73. The molecule has 0 aliphatic rings. The van der Waals surface area contributed by atoms with Crippen LogP contribution >= 0.6 is 0 Å². The summed E-state index contributed by atoms with van der Waals surface area (Å²) in [5, 5.41) is 12.9. The number of nitrogens with one attached hydrogen (secondary N) is 1. The first-order valence-corrected chi connectivity index (χ1v) is 4.62. The average molecular weight is 260 g/mol. The van der Waals surface area contributed by atoms with Crippen LogP contribution in [0, 0.1) is 12.3 Å². The van der Waals surface area contributed by atoms with E-state index >= 15 is 0 Å². The molecular weight excluding hydrogens is 250 g/mol. The van der Waals surface area contributed by atoms with E-state index in [4.69, 9.17) is 9.90 Å². The van der Waals surface area contributed by atoms with Gasteiger partial charge in [-0.25, -0.2) is 18.4 Å². The molecule has 6 nitrogen and oxygen atoms in total. The van der Waals surface area contributed by atoms with Crippen molar-refractivity contribution in [3.63, 3.8) is 0 Å². The molecule has 1 aromatic rings. The number of hydrogen-bond donors (Lipinski definition) is 2. The molecular formula is C10H10F2N2O4. The number of esters is 1. The predicted octanol–water partition coefficient (Wildman–Crippen LogP) is 1.23. The maximum absolute atomic E-state index is 12.0. The number of aromatic nitrogens is 2. The number of terminal acetylenes is 1. The van der Waals surface area contributed by atoms with Gasteiger partial charge in [-0.2, -0.15) is 5.10 Å². The first-order valence-electron chi connectivity index (χ1n) is 4.62. The fraction of sp³-hybridized carbons (Fsp3) is 0.300. The largest absolute Gasteiger partial charge is 0.472 e. The number of carboxylic acid groups (broad SMARTS) is 1. The lowest BCUT2D eigenvalue weighted by Gasteiger charge is -1.95. The fourth-order valence-corrected chi connectivity index (χ4v) is 0.758. The molecule has 1 aromatic heterocycles. The number of carbonyl (C=O) groups is 2. The maximum Gasteiger partial charge on any atom is 0.381 e. The van der Waals surface area contributed by atoms with Gasteiger partial charge in [0.25, 0.3) is 6.43 Å². The van der Waals surface area contributed by atoms with E-state index in [0.29, 0.717) is 0 Å². The molecule has 0 amide bonds. The molecule has 0 fully saturated rings. The topological polar surface area (TPSA) is 92.3 Å². The second kappa shape index (κ2) is 7.78. The van der Waals surface area contributed by atoms with Gasteiger partial charge in [-0.15, -0.1) is 6.42 Å². The molecule has 0 aromatic carbocycles. The van der Waals surface area contributed by atoms with Crippen molar-refractivity contribution in [2.75, 3.05) is 6.61 Å². The second-order valence-electron chi connectivity index (χ2n) is 2.68. The van der Waals surface area contributed by atoms with Gasteiger partial charge in [0.2, 0.25) is 0 Å². The van der Waals surface area contributed by atoms with Gasteiger partial charge >= 0.3 is 11.9 Å². The van der Waals surface area contributed by atoms with Crippen LogP contribution in [-0.4, -0.2) is 33.8 Å². The Morgan fingerprint density at radius 2 is 2.22 bits per heavy atom. The van der Waals surface area contributed by atoms with E-state index in [1.165, 1.54) is 5.92 Å². The lowest BCUT2D eigenvalue weighted by molar-refractivity contribution is -0.130. The van der Waals surface area contributed by atoms with Crippen LogP contribution in [0.4, 0.5) is 8.78 Å². The van der Waals surface area contributed by atoms with E-state index in [1.54, 1.807) is 6.92 Å². The molecule has 0 aliphatic heterocycles. The van der Waals surface area contributed by atoms with Gasteiger partial charge in [0.1, 0.15) is 5.69 Å². The molecule has 0 saturated heterocycles. The summed E-state index contributed by atoms with van der Waals surface area (Å²) in [7, 11) is 0. The van der Waals surface area contributed by atoms with Gasteiger partial charge in [0, 0.05) is 5.92 Å². The number of aliphatic carboxylic acids is 1. The number of aromatic amines is 1. The van der Waals surface area contributed by atoms with Crippen LogP contribution in [0.5, 0.6) is 0 Å². The molecule has 8 heteroatoms. The van der Waals surface area contributed by atoms with Gasteiger partial charge in [-0.1, -0.05) is 0 Å². The summed E-state index contributed by atoms with van der Waals surface area (Å²) in [5.41, 5.74) is -0.514. The van der Waals surface area contributed by atoms with Gasteiger partial charge in [-0.05, 0) is 13.0 Å². The number of carbonyl (C=O) groups excluding carboxylic acids is 1. The molecule has 1 heterocycles. The molecule has 0 aliphatic carbocycles. The Bertz CT molecular complexity index is 451. The number of hydrogen-bond acceptors (Lipinski definition) is 4. The summed E-state index contributed by atoms with van der Waals surface area (Å²) in [6.45, 7) is 1.81. The number of nitrogens with zero attached hydrogens (tertiary/aromatic N) is 1. The Labute approximate surface area is 101 Å². The van der Waals surface area contributed by atoms with E-state index in [0.717, 1.165) is 6.07 Å². The van der Waals surface area contributed by atoms with E-state index < -0.39 is 18.4 Å². The van der Waals surface area contributed by atoms with Gasteiger partial charge in [0.15, 0.2) is 5.69 Å². The second-order valence-corrected chi connectivity index (χ2v) is 2.68. The van der Waals surface area contributed by atoms with E-state index in [9.17, 15) is 13.6 Å². The summed E-state index contributed by atoms with van der Waals surface area (Å²) in [4.78, 5) is 20.1. The van der Waals surface area contributed by atoms with Gasteiger partial charge in [0.05, 0.1) is 6.61 Å². The van der Waals surface area contributed by atoms with E-state index in [-0.39, 0.29) is 18.0 Å². The van der Waals surface area contributed by atoms with Crippen molar-refractivity contribution in [2.45, 2.75) is 13.3 Å². The van der Waals surface area contributed by atoms with Crippen LogP contribution in [-0.2, 0) is 9.53 Å². The molecule has 0 spiro atoms. The number of alkyl halides is 2. The van der Waals surface area contributed by atoms with Crippen LogP contribution in [0.2, 0.25) is 0 Å². The number of ether oxygens (including phenoxy) is 1. The Morgan fingerprint density at radius 1 is 1.67 bits per heavy atom. The monoisotopic (exact) mass is 260 g/mol. The number of halogens is 2. The van der Waals surface area contributed by atoms with Crippen LogP contribution in [0.1, 0.15) is 29.5 Å². The highest BCUT2D eigenvalue weighted by Crippen LogP contribution is 2.16. The van der Waals surface area contributed by atoms with E-state index in [2.05, 4.69) is 16.3 Å². The first kappa shape index (κ1) is 15.6. The molecule has 2 N–H and O–H groups in total. The number of carboxylic acids is 1. The molecule has 0 saturated carbocycles. The summed E-state index contributed by atoms with van der Waals surface area (Å²) in [5.74, 6) is -0.476. The summed E-state index contributed by atoms with van der Waals surface area (Å²) < 4.78 is 28.6. The van der Waals surface area contributed by atoms with Crippen molar-refractivity contribution in [1.82, 2.24) is 10.2 Å². The number of H-pyrrole nitrogens is 1. The van der Waals surface area contributed by atoms with Crippen molar-refractivity contribution in [3.8, 4) is 12.3 Å². The normalized spacial score (nSPS) is 9.06. The quantitative estimate of drug-likeness (QED) is 0.629. The van der Waals surface area contributed by atoms with Crippen molar-refractivity contribution >= 4 is 11.9 Å². The third-order valence-corrected chi connectivity index (χ3v) is 1.44. The third kappa shape index (κ3) is 5.60. The molecule has 0 atom stereocenters. The Morgan fingerprint density at radius 3 is 2.56 bits per heavy atom. The van der Waals surface area contributed by atoms with Crippen molar-refractivity contribution in [1.29, 1.82) is 0 Å². The maximum atomic E-state index is 12.0. The SMILES string of the molecule is C#CC(=O)O.CCOC(=O)c1cc(C(F)F)[nH]n1. The van der Waals surface area contributed by atoms with Crippen molar-refractivity contribution in [2.24, 2.45) is 0 Å². The highest BCUT2D eigenvalue weighted by Gasteiger charge is 2.15. The van der Waals surface area contributed by atoms with Crippen molar-refractivity contribution < 1.29 is 28.2 Å². The molecule has 98 valence electrons. The molecule has 18 heavy (non-hydrogen) atoms. The van der Waals surface area contributed by atoms with Gasteiger partial charge in [-0.3, -0.25) is 5.10 Å². The fourth-order valence-electron chi connectivity index (χ4n) is 0.758. The molecule has 0 unspecified atom stereocenters. The van der Waals surface area contributed by atoms with Crippen LogP contribution in [0.25, 0.3) is 0 Å². The highest BCUT2D eigenvalue weighted by atomic mass is 19.3. The third-order valence-electron chi connectivity index (χ3n) is 1.44. The zero-order chi connectivity index (χ0) is 14.1. The molecule has 0 bridgehead atoms. The Balaban J connectivity index is 0.000000494. The highest BCUT2D eigenvalue weighted by molar-refractivity contribution is 5.87. The summed E-state index contributed by atoms with van der Waals surface area (Å²) >= 11 is 0. The minimum atomic E-state index is -2.66. The van der Waals surface area contributed by atoms with E-state index in [1.807, 2.05) is 5.10 Å². The summed E-state index contributed by atoms with van der Waals surface area (Å²) in [6.07, 6.45) is 1.66. The lowest BCUT2D eigenvalue weighted by Crippen LogP contribution is -2.04. The van der Waals surface area contributed by atoms with Crippen molar-refractivity contribution in [3.05, 3.63) is 17.5 Å². The van der Waals surface area contributed by atoms with Crippen LogP contribution < -0.4 is 0 Å². The lowest BCUT2D eigenvalue weighted by atomic mass is 10.3. The summed E-state index contributed by atoms with van der Waals surface area (Å²) in [6, 6.07) is 0.975. The molecule has 1 rings (SSSR count). The average Bonchev–Trinajstić information content (AvgIpc) is 2.79.